The monoisotopic (exact) mass is 412 g/mol. The fourth-order valence-electron chi connectivity index (χ4n) is 2.13. The van der Waals surface area contributed by atoms with Gasteiger partial charge in [0.2, 0.25) is 5.91 Å². The Morgan fingerprint density at radius 3 is 2.64 bits per heavy atom. The number of ether oxygens (including phenoxy) is 1. The molecule has 0 saturated carbocycles. The van der Waals surface area contributed by atoms with E-state index in [9.17, 15) is 13.6 Å². The Balaban J connectivity index is 2.00. The van der Waals surface area contributed by atoms with E-state index in [0.29, 0.717) is 17.1 Å². The maximum Gasteiger partial charge on any atom is 0.272 e. The molecule has 0 heterocycles. The SMILES string of the molecule is Cc1ccc(NC(C)C(=O)Nc2cccc(Br)c2)cc1OCC(F)F. The molecule has 1 unspecified atom stereocenters. The minimum absolute atomic E-state index is 0.214. The summed E-state index contributed by atoms with van der Waals surface area (Å²) in [6.07, 6.45) is -2.54. The zero-order valence-electron chi connectivity index (χ0n) is 13.9. The molecular weight excluding hydrogens is 394 g/mol. The van der Waals surface area contributed by atoms with Gasteiger partial charge in [-0.25, -0.2) is 8.78 Å². The van der Waals surface area contributed by atoms with E-state index < -0.39 is 19.1 Å². The number of aryl methyl sites for hydroxylation is 1. The van der Waals surface area contributed by atoms with Gasteiger partial charge in [-0.2, -0.15) is 0 Å². The summed E-state index contributed by atoms with van der Waals surface area (Å²) >= 11 is 3.35. The summed E-state index contributed by atoms with van der Waals surface area (Å²) in [5, 5.41) is 5.85. The van der Waals surface area contributed by atoms with Crippen LogP contribution in [0, 0.1) is 6.92 Å². The molecule has 25 heavy (non-hydrogen) atoms. The molecule has 7 heteroatoms. The van der Waals surface area contributed by atoms with Crippen LogP contribution in [-0.4, -0.2) is 25.0 Å². The van der Waals surface area contributed by atoms with Gasteiger partial charge in [0.25, 0.3) is 6.43 Å². The number of hydrogen-bond acceptors (Lipinski definition) is 3. The lowest BCUT2D eigenvalue weighted by Gasteiger charge is -2.17. The van der Waals surface area contributed by atoms with E-state index in [2.05, 4.69) is 26.6 Å². The molecule has 4 nitrogen and oxygen atoms in total. The predicted octanol–water partition coefficient (Wildman–Crippen LogP) is 4.84. The number of amides is 1. The van der Waals surface area contributed by atoms with Gasteiger partial charge in [0.1, 0.15) is 18.4 Å². The van der Waals surface area contributed by atoms with Crippen molar-refractivity contribution >= 4 is 33.2 Å². The van der Waals surface area contributed by atoms with E-state index >= 15 is 0 Å². The average molecular weight is 413 g/mol. The number of carbonyl (C=O) groups excluding carboxylic acids is 1. The Hall–Kier alpha value is -2.15. The van der Waals surface area contributed by atoms with E-state index in [-0.39, 0.29) is 5.91 Å². The molecule has 2 aromatic rings. The Morgan fingerprint density at radius 2 is 1.96 bits per heavy atom. The second-order valence-electron chi connectivity index (χ2n) is 5.55. The fourth-order valence-corrected chi connectivity index (χ4v) is 2.53. The van der Waals surface area contributed by atoms with Crippen molar-refractivity contribution < 1.29 is 18.3 Å². The smallest absolute Gasteiger partial charge is 0.272 e. The lowest BCUT2D eigenvalue weighted by atomic mass is 10.2. The molecule has 0 saturated heterocycles. The summed E-state index contributed by atoms with van der Waals surface area (Å²) in [5.74, 6) is 0.152. The van der Waals surface area contributed by atoms with Gasteiger partial charge in [0.15, 0.2) is 0 Å². The number of hydrogen-bond donors (Lipinski definition) is 2. The van der Waals surface area contributed by atoms with Crippen LogP contribution in [0.3, 0.4) is 0 Å². The first-order valence-corrected chi connectivity index (χ1v) is 8.49. The zero-order valence-corrected chi connectivity index (χ0v) is 15.4. The van der Waals surface area contributed by atoms with Crippen molar-refractivity contribution in [2.75, 3.05) is 17.2 Å². The average Bonchev–Trinajstić information content (AvgIpc) is 2.55. The molecule has 0 aliphatic heterocycles. The van der Waals surface area contributed by atoms with Crippen LogP contribution in [0.15, 0.2) is 46.9 Å². The van der Waals surface area contributed by atoms with Gasteiger partial charge in [0.05, 0.1) is 0 Å². The quantitative estimate of drug-likeness (QED) is 0.683. The summed E-state index contributed by atoms with van der Waals surface area (Å²) in [7, 11) is 0. The van der Waals surface area contributed by atoms with Crippen LogP contribution in [0.1, 0.15) is 12.5 Å². The van der Waals surface area contributed by atoms with Gasteiger partial charge in [0, 0.05) is 21.9 Å². The first kappa shape index (κ1) is 19.2. The highest BCUT2D eigenvalue weighted by Crippen LogP contribution is 2.24. The highest BCUT2D eigenvalue weighted by Gasteiger charge is 2.14. The van der Waals surface area contributed by atoms with Crippen molar-refractivity contribution in [3.05, 3.63) is 52.5 Å². The van der Waals surface area contributed by atoms with Crippen LogP contribution in [0.2, 0.25) is 0 Å². The number of nitrogens with one attached hydrogen (secondary N) is 2. The summed E-state index contributed by atoms with van der Waals surface area (Å²) in [6.45, 7) is 2.82. The predicted molar refractivity (Wildman–Crippen MR) is 98.5 cm³/mol. The van der Waals surface area contributed by atoms with Gasteiger partial charge in [-0.15, -0.1) is 0 Å². The molecule has 0 aliphatic rings. The molecule has 0 fully saturated rings. The lowest BCUT2D eigenvalue weighted by molar-refractivity contribution is -0.116. The zero-order chi connectivity index (χ0) is 18.4. The molecule has 0 aromatic heterocycles. The summed E-state index contributed by atoms with van der Waals surface area (Å²) in [5.41, 5.74) is 2.04. The van der Waals surface area contributed by atoms with Crippen LogP contribution in [0.4, 0.5) is 20.2 Å². The van der Waals surface area contributed by atoms with Gasteiger partial charge < -0.3 is 15.4 Å². The Bertz CT molecular complexity index is 741. The maximum absolute atomic E-state index is 12.3. The van der Waals surface area contributed by atoms with Crippen molar-refractivity contribution in [1.82, 2.24) is 0 Å². The van der Waals surface area contributed by atoms with Crippen molar-refractivity contribution in [3.8, 4) is 5.75 Å². The van der Waals surface area contributed by atoms with Crippen LogP contribution in [0.25, 0.3) is 0 Å². The highest BCUT2D eigenvalue weighted by molar-refractivity contribution is 9.10. The van der Waals surface area contributed by atoms with E-state index in [4.69, 9.17) is 4.74 Å². The third-order valence-corrected chi connectivity index (χ3v) is 3.91. The second kappa shape index (κ2) is 8.80. The molecule has 0 radical (unpaired) electrons. The van der Waals surface area contributed by atoms with Crippen molar-refractivity contribution in [2.24, 2.45) is 0 Å². The maximum atomic E-state index is 12.3. The largest absolute Gasteiger partial charge is 0.487 e. The highest BCUT2D eigenvalue weighted by atomic mass is 79.9. The number of alkyl halides is 2. The van der Waals surface area contributed by atoms with Crippen molar-refractivity contribution in [3.63, 3.8) is 0 Å². The minimum atomic E-state index is -2.54. The van der Waals surface area contributed by atoms with E-state index in [1.54, 1.807) is 44.2 Å². The Morgan fingerprint density at radius 1 is 1.20 bits per heavy atom. The second-order valence-corrected chi connectivity index (χ2v) is 6.46. The molecule has 2 aromatic carbocycles. The summed E-state index contributed by atoms with van der Waals surface area (Å²) in [4.78, 5) is 12.3. The molecule has 2 rings (SSSR count). The topological polar surface area (TPSA) is 50.4 Å². The summed E-state index contributed by atoms with van der Waals surface area (Å²) < 4.78 is 30.6. The third-order valence-electron chi connectivity index (χ3n) is 3.42. The fraction of sp³-hybridized carbons (Fsp3) is 0.278. The number of rotatable bonds is 7. The third kappa shape index (κ3) is 6.01. The molecule has 1 amide bonds. The standard InChI is InChI=1S/C18H19BrF2N2O2/c1-11-6-7-15(9-16(11)25-10-17(20)21)22-12(2)18(24)23-14-5-3-4-13(19)8-14/h3-9,12,17,22H,10H2,1-2H3,(H,23,24). The number of anilines is 2. The van der Waals surface area contributed by atoms with Crippen molar-refractivity contribution in [2.45, 2.75) is 26.3 Å². The number of carbonyl (C=O) groups is 1. The lowest BCUT2D eigenvalue weighted by Crippen LogP contribution is -2.31. The first-order valence-electron chi connectivity index (χ1n) is 7.69. The van der Waals surface area contributed by atoms with Gasteiger partial charge in [-0.1, -0.05) is 28.1 Å². The van der Waals surface area contributed by atoms with Crippen LogP contribution < -0.4 is 15.4 Å². The summed E-state index contributed by atoms with van der Waals surface area (Å²) in [6, 6.07) is 11.9. The normalized spacial score (nSPS) is 11.9. The van der Waals surface area contributed by atoms with Gasteiger partial charge in [-0.05, 0) is 43.7 Å². The molecule has 0 bridgehead atoms. The molecule has 0 aliphatic carbocycles. The van der Waals surface area contributed by atoms with Crippen LogP contribution in [0.5, 0.6) is 5.75 Å². The number of halogens is 3. The minimum Gasteiger partial charge on any atom is -0.487 e. The van der Waals surface area contributed by atoms with Crippen LogP contribution in [-0.2, 0) is 4.79 Å². The van der Waals surface area contributed by atoms with E-state index in [0.717, 1.165) is 10.0 Å². The van der Waals surface area contributed by atoms with Crippen molar-refractivity contribution in [1.29, 1.82) is 0 Å². The van der Waals surface area contributed by atoms with E-state index in [1.165, 1.54) is 0 Å². The van der Waals surface area contributed by atoms with Crippen LogP contribution >= 0.6 is 15.9 Å². The molecule has 134 valence electrons. The van der Waals surface area contributed by atoms with E-state index in [1.807, 2.05) is 12.1 Å². The molecule has 0 spiro atoms. The van der Waals surface area contributed by atoms with Gasteiger partial charge in [-0.3, -0.25) is 4.79 Å². The number of benzene rings is 2. The Kier molecular flexibility index (Phi) is 6.75. The molecule has 1 atom stereocenters. The molecule has 2 N–H and O–H groups in total. The first-order chi connectivity index (χ1) is 11.8. The van der Waals surface area contributed by atoms with Gasteiger partial charge >= 0.3 is 0 Å². The molecular formula is C18H19BrF2N2O2. The Labute approximate surface area is 153 Å².